The summed E-state index contributed by atoms with van der Waals surface area (Å²) >= 11 is 0. The zero-order valence-electron chi connectivity index (χ0n) is 9.92. The van der Waals surface area contributed by atoms with E-state index in [0.29, 0.717) is 17.5 Å². The number of Topliss-reactive ketones (excluding diaryl/α,β-unsaturated/α-hetero) is 1. The van der Waals surface area contributed by atoms with E-state index in [1.165, 1.54) is 25.3 Å². The van der Waals surface area contributed by atoms with E-state index in [-0.39, 0.29) is 11.6 Å². The minimum atomic E-state index is -0.422. The van der Waals surface area contributed by atoms with Crippen molar-refractivity contribution in [3.05, 3.63) is 35.1 Å². The Morgan fingerprint density at radius 2 is 2.19 bits per heavy atom. The number of aryl methyl sites for hydroxylation is 1. The van der Waals surface area contributed by atoms with E-state index in [2.05, 4.69) is 0 Å². The van der Waals surface area contributed by atoms with Crippen LogP contribution in [0.5, 0.6) is 0 Å². The lowest BCUT2D eigenvalue weighted by atomic mass is 9.98. The van der Waals surface area contributed by atoms with Crippen LogP contribution in [0.15, 0.2) is 18.2 Å². The zero-order chi connectivity index (χ0) is 12.1. The normalized spacial score (nSPS) is 12.5. The highest BCUT2D eigenvalue weighted by Crippen LogP contribution is 2.15. The van der Waals surface area contributed by atoms with E-state index in [1.54, 1.807) is 6.92 Å². The largest absolute Gasteiger partial charge is 0.373 e. The number of rotatable bonds is 5. The minimum absolute atomic E-state index is 0.0677. The van der Waals surface area contributed by atoms with Crippen molar-refractivity contribution in [1.82, 2.24) is 0 Å². The van der Waals surface area contributed by atoms with Gasteiger partial charge in [-0.15, -0.1) is 0 Å². The summed E-state index contributed by atoms with van der Waals surface area (Å²) in [7, 11) is 1.52. The average molecular weight is 224 g/mol. The number of hydrogen-bond acceptors (Lipinski definition) is 2. The highest BCUT2D eigenvalue weighted by Gasteiger charge is 2.20. The van der Waals surface area contributed by atoms with Crippen molar-refractivity contribution in [3.8, 4) is 0 Å². The van der Waals surface area contributed by atoms with Crippen LogP contribution in [-0.4, -0.2) is 19.0 Å². The molecule has 0 aliphatic heterocycles. The van der Waals surface area contributed by atoms with Crippen LogP contribution >= 0.6 is 0 Å². The molecular formula is C13H17FO2. The van der Waals surface area contributed by atoms with Crippen LogP contribution in [0, 0.1) is 12.7 Å². The fourth-order valence-corrected chi connectivity index (χ4v) is 1.70. The number of carbonyl (C=O) groups excluding carboxylic acids is 1. The molecule has 0 radical (unpaired) electrons. The van der Waals surface area contributed by atoms with Gasteiger partial charge in [0.05, 0.1) is 0 Å². The number of hydrogen-bond donors (Lipinski definition) is 0. The molecule has 3 heteroatoms. The molecule has 1 rings (SSSR count). The Hall–Kier alpha value is -1.22. The Balaban J connectivity index is 2.94. The number of ether oxygens (including phenoxy) is 1. The Labute approximate surface area is 95.4 Å². The molecule has 0 fully saturated rings. The van der Waals surface area contributed by atoms with Crippen molar-refractivity contribution < 1.29 is 13.9 Å². The highest BCUT2D eigenvalue weighted by molar-refractivity contribution is 6.00. The van der Waals surface area contributed by atoms with Gasteiger partial charge in [-0.25, -0.2) is 4.39 Å². The third-order valence-electron chi connectivity index (χ3n) is 2.58. The summed E-state index contributed by atoms with van der Waals surface area (Å²) in [5, 5.41) is 0. The molecule has 88 valence electrons. The van der Waals surface area contributed by atoms with E-state index in [9.17, 15) is 9.18 Å². The number of benzene rings is 1. The Morgan fingerprint density at radius 3 is 2.69 bits per heavy atom. The maximum atomic E-state index is 12.9. The monoisotopic (exact) mass is 224 g/mol. The van der Waals surface area contributed by atoms with Crippen LogP contribution in [0.2, 0.25) is 0 Å². The SMILES string of the molecule is CCCC(OC)C(=O)c1ccc(F)cc1C. The lowest BCUT2D eigenvalue weighted by molar-refractivity contribution is 0.0578. The first-order valence-corrected chi connectivity index (χ1v) is 5.43. The second kappa shape index (κ2) is 5.75. The number of methoxy groups -OCH3 is 1. The van der Waals surface area contributed by atoms with E-state index in [4.69, 9.17) is 4.74 Å². The summed E-state index contributed by atoms with van der Waals surface area (Å²) in [4.78, 5) is 12.1. The molecule has 0 saturated heterocycles. The van der Waals surface area contributed by atoms with Gasteiger partial charge in [-0.05, 0) is 37.1 Å². The molecule has 0 spiro atoms. The molecule has 0 bridgehead atoms. The first-order valence-electron chi connectivity index (χ1n) is 5.43. The van der Waals surface area contributed by atoms with E-state index >= 15 is 0 Å². The van der Waals surface area contributed by atoms with Crippen LogP contribution in [0.4, 0.5) is 4.39 Å². The lowest BCUT2D eigenvalue weighted by Crippen LogP contribution is -2.23. The molecule has 0 aromatic heterocycles. The fraction of sp³-hybridized carbons (Fsp3) is 0.462. The number of halogens is 1. The molecular weight excluding hydrogens is 207 g/mol. The Bertz CT molecular complexity index is 374. The number of carbonyl (C=O) groups is 1. The van der Waals surface area contributed by atoms with Gasteiger partial charge in [-0.1, -0.05) is 13.3 Å². The van der Waals surface area contributed by atoms with E-state index in [0.717, 1.165) is 6.42 Å². The molecule has 1 unspecified atom stereocenters. The Morgan fingerprint density at radius 1 is 1.50 bits per heavy atom. The van der Waals surface area contributed by atoms with Crippen LogP contribution in [0.3, 0.4) is 0 Å². The van der Waals surface area contributed by atoms with Gasteiger partial charge in [0.15, 0.2) is 5.78 Å². The van der Waals surface area contributed by atoms with E-state index < -0.39 is 6.10 Å². The first kappa shape index (κ1) is 12.8. The quantitative estimate of drug-likeness (QED) is 0.718. The van der Waals surface area contributed by atoms with Crippen molar-refractivity contribution in [2.75, 3.05) is 7.11 Å². The minimum Gasteiger partial charge on any atom is -0.373 e. The third-order valence-corrected chi connectivity index (χ3v) is 2.58. The number of ketones is 1. The average Bonchev–Trinajstić information content (AvgIpc) is 2.25. The molecule has 1 aromatic carbocycles. The zero-order valence-corrected chi connectivity index (χ0v) is 9.92. The summed E-state index contributed by atoms with van der Waals surface area (Å²) in [5.41, 5.74) is 1.20. The van der Waals surface area contributed by atoms with Gasteiger partial charge in [0.2, 0.25) is 0 Å². The molecule has 16 heavy (non-hydrogen) atoms. The first-order chi connectivity index (χ1) is 7.60. The maximum Gasteiger partial charge on any atom is 0.191 e. The van der Waals surface area contributed by atoms with Crippen molar-refractivity contribution in [3.63, 3.8) is 0 Å². The second-order valence-corrected chi connectivity index (χ2v) is 3.84. The molecule has 2 nitrogen and oxygen atoms in total. The fourth-order valence-electron chi connectivity index (χ4n) is 1.70. The van der Waals surface area contributed by atoms with Gasteiger partial charge < -0.3 is 4.74 Å². The predicted octanol–water partition coefficient (Wildman–Crippen LogP) is 3.13. The van der Waals surface area contributed by atoms with E-state index in [1.807, 2.05) is 6.92 Å². The van der Waals surface area contributed by atoms with Crippen LogP contribution in [0.1, 0.15) is 35.7 Å². The lowest BCUT2D eigenvalue weighted by Gasteiger charge is -2.14. The van der Waals surface area contributed by atoms with Crippen molar-refractivity contribution in [2.24, 2.45) is 0 Å². The van der Waals surface area contributed by atoms with Crippen LogP contribution in [-0.2, 0) is 4.74 Å². The molecule has 0 aliphatic carbocycles. The summed E-state index contributed by atoms with van der Waals surface area (Å²) in [6, 6.07) is 4.19. The predicted molar refractivity (Wildman–Crippen MR) is 61.2 cm³/mol. The topological polar surface area (TPSA) is 26.3 Å². The van der Waals surface area contributed by atoms with Crippen LogP contribution < -0.4 is 0 Å². The molecule has 1 aromatic rings. The summed E-state index contributed by atoms with van der Waals surface area (Å²) in [5.74, 6) is -0.389. The molecule has 0 saturated carbocycles. The van der Waals surface area contributed by atoms with Gasteiger partial charge in [0, 0.05) is 12.7 Å². The molecule has 0 N–H and O–H groups in total. The standard InChI is InChI=1S/C13H17FO2/c1-4-5-12(16-3)13(15)11-7-6-10(14)8-9(11)2/h6-8,12H,4-5H2,1-3H3. The molecule has 0 aliphatic rings. The van der Waals surface area contributed by atoms with Gasteiger partial charge in [-0.2, -0.15) is 0 Å². The van der Waals surface area contributed by atoms with Gasteiger partial charge in [-0.3, -0.25) is 4.79 Å². The molecule has 0 heterocycles. The van der Waals surface area contributed by atoms with Crippen LogP contribution in [0.25, 0.3) is 0 Å². The summed E-state index contributed by atoms with van der Waals surface area (Å²) in [6.07, 6.45) is 1.14. The summed E-state index contributed by atoms with van der Waals surface area (Å²) in [6.45, 7) is 3.73. The highest BCUT2D eigenvalue weighted by atomic mass is 19.1. The maximum absolute atomic E-state index is 12.9. The third kappa shape index (κ3) is 2.89. The van der Waals surface area contributed by atoms with Crippen molar-refractivity contribution in [1.29, 1.82) is 0 Å². The van der Waals surface area contributed by atoms with Gasteiger partial charge in [0.25, 0.3) is 0 Å². The van der Waals surface area contributed by atoms with Crippen molar-refractivity contribution in [2.45, 2.75) is 32.8 Å². The molecule has 1 atom stereocenters. The van der Waals surface area contributed by atoms with Gasteiger partial charge in [0.1, 0.15) is 11.9 Å². The molecule has 0 amide bonds. The van der Waals surface area contributed by atoms with Gasteiger partial charge >= 0.3 is 0 Å². The van der Waals surface area contributed by atoms with Crippen molar-refractivity contribution >= 4 is 5.78 Å². The smallest absolute Gasteiger partial charge is 0.191 e. The Kier molecular flexibility index (Phi) is 4.62. The second-order valence-electron chi connectivity index (χ2n) is 3.84. The summed E-state index contributed by atoms with van der Waals surface area (Å²) < 4.78 is 18.0.